The van der Waals surface area contributed by atoms with E-state index in [9.17, 15) is 14.4 Å². The molecule has 0 fully saturated rings. The average Bonchev–Trinajstić information content (AvgIpc) is 3.23. The zero-order chi connectivity index (χ0) is 19.5. The van der Waals surface area contributed by atoms with Gasteiger partial charge in [0.1, 0.15) is 12.3 Å². The van der Waals surface area contributed by atoms with Gasteiger partial charge in [-0.15, -0.1) is 0 Å². The van der Waals surface area contributed by atoms with Crippen molar-refractivity contribution in [2.75, 3.05) is 4.90 Å². The van der Waals surface area contributed by atoms with Crippen molar-refractivity contribution < 1.29 is 9.21 Å². The summed E-state index contributed by atoms with van der Waals surface area (Å²) in [6.07, 6.45) is 1.53. The molecule has 0 aliphatic rings. The van der Waals surface area contributed by atoms with Crippen LogP contribution in [0.15, 0.2) is 87.0 Å². The molecule has 0 aliphatic heterocycles. The Morgan fingerprint density at radius 1 is 0.964 bits per heavy atom. The van der Waals surface area contributed by atoms with Gasteiger partial charge < -0.3 is 14.3 Å². The summed E-state index contributed by atoms with van der Waals surface area (Å²) in [6.45, 7) is -0.190. The molecule has 0 radical (unpaired) electrons. The third kappa shape index (κ3) is 3.37. The highest BCUT2D eigenvalue weighted by atomic mass is 16.3. The second kappa shape index (κ2) is 7.40. The van der Waals surface area contributed by atoms with Crippen molar-refractivity contribution in [2.45, 2.75) is 13.1 Å². The Kier molecular flexibility index (Phi) is 4.63. The molecule has 0 atom stereocenters. The van der Waals surface area contributed by atoms with Gasteiger partial charge in [0, 0.05) is 5.69 Å². The number of nitrogens with zero attached hydrogens (tertiary/aromatic N) is 2. The lowest BCUT2D eigenvalue weighted by Crippen LogP contribution is -2.42. The van der Waals surface area contributed by atoms with Crippen LogP contribution in [-0.4, -0.2) is 15.5 Å². The molecule has 1 N–H and O–H groups in total. The van der Waals surface area contributed by atoms with Gasteiger partial charge in [-0.25, -0.2) is 4.79 Å². The minimum absolute atomic E-state index is 0.191. The van der Waals surface area contributed by atoms with Crippen molar-refractivity contribution in [3.8, 4) is 0 Å². The monoisotopic (exact) mass is 375 g/mol. The SMILES string of the molecule is O=C(Cn1c(=O)[nH]c2ccccc2c1=O)N(Cc1ccco1)c1ccccc1. The van der Waals surface area contributed by atoms with E-state index in [1.807, 2.05) is 18.2 Å². The normalized spacial score (nSPS) is 10.9. The van der Waals surface area contributed by atoms with Gasteiger partial charge in [0.2, 0.25) is 5.91 Å². The van der Waals surface area contributed by atoms with Crippen molar-refractivity contribution in [2.24, 2.45) is 0 Å². The van der Waals surface area contributed by atoms with Gasteiger partial charge in [-0.1, -0.05) is 30.3 Å². The predicted octanol–water partition coefficient (Wildman–Crippen LogP) is 2.52. The molecule has 0 unspecified atom stereocenters. The van der Waals surface area contributed by atoms with E-state index in [1.165, 1.54) is 11.2 Å². The molecule has 0 aliphatic carbocycles. The zero-order valence-electron chi connectivity index (χ0n) is 14.9. The summed E-state index contributed by atoms with van der Waals surface area (Å²) in [6, 6.07) is 19.2. The highest BCUT2D eigenvalue weighted by molar-refractivity contribution is 5.93. The van der Waals surface area contributed by atoms with E-state index in [0.29, 0.717) is 22.4 Å². The Balaban J connectivity index is 1.71. The minimum Gasteiger partial charge on any atom is -0.467 e. The molecule has 140 valence electrons. The summed E-state index contributed by atoms with van der Waals surface area (Å²) >= 11 is 0. The number of hydrogen-bond acceptors (Lipinski definition) is 4. The lowest BCUT2D eigenvalue weighted by atomic mass is 10.2. The van der Waals surface area contributed by atoms with E-state index in [1.54, 1.807) is 48.5 Å². The Labute approximate surface area is 159 Å². The standard InChI is InChI=1S/C21H17N3O4/c25-19(14-24-20(26)17-10-4-5-11-18(17)22-21(24)27)23(13-16-9-6-12-28-16)15-7-2-1-3-8-15/h1-12H,13-14H2,(H,22,27). The molecule has 2 aromatic heterocycles. The molecular formula is C21H17N3O4. The zero-order valence-corrected chi connectivity index (χ0v) is 14.9. The molecule has 4 aromatic rings. The predicted molar refractivity (Wildman–Crippen MR) is 105 cm³/mol. The van der Waals surface area contributed by atoms with E-state index in [-0.39, 0.29) is 13.1 Å². The third-order valence-electron chi connectivity index (χ3n) is 4.45. The summed E-state index contributed by atoms with van der Waals surface area (Å²) in [7, 11) is 0. The maximum atomic E-state index is 13.1. The van der Waals surface area contributed by atoms with Crippen molar-refractivity contribution in [3.63, 3.8) is 0 Å². The fourth-order valence-electron chi connectivity index (χ4n) is 3.05. The van der Waals surface area contributed by atoms with E-state index in [0.717, 1.165) is 4.57 Å². The number of nitrogens with one attached hydrogen (secondary N) is 1. The number of carbonyl (C=O) groups is 1. The molecule has 7 nitrogen and oxygen atoms in total. The minimum atomic E-state index is -0.622. The van der Waals surface area contributed by atoms with Gasteiger partial charge in [0.15, 0.2) is 0 Å². The molecule has 1 amide bonds. The Bertz CT molecular complexity index is 1220. The maximum Gasteiger partial charge on any atom is 0.329 e. The number of aromatic amines is 1. The van der Waals surface area contributed by atoms with Gasteiger partial charge >= 0.3 is 5.69 Å². The molecule has 0 spiro atoms. The van der Waals surface area contributed by atoms with E-state index in [2.05, 4.69) is 4.98 Å². The van der Waals surface area contributed by atoms with Crippen LogP contribution in [0.3, 0.4) is 0 Å². The second-order valence-electron chi connectivity index (χ2n) is 6.26. The molecular weight excluding hydrogens is 358 g/mol. The van der Waals surface area contributed by atoms with E-state index >= 15 is 0 Å². The number of para-hydroxylation sites is 2. The number of H-pyrrole nitrogens is 1. The first kappa shape index (κ1) is 17.5. The molecule has 2 aromatic carbocycles. The molecule has 2 heterocycles. The van der Waals surface area contributed by atoms with E-state index in [4.69, 9.17) is 4.42 Å². The number of hydrogen-bond donors (Lipinski definition) is 1. The van der Waals surface area contributed by atoms with Crippen LogP contribution in [-0.2, 0) is 17.9 Å². The van der Waals surface area contributed by atoms with Crippen molar-refractivity contribution >= 4 is 22.5 Å². The average molecular weight is 375 g/mol. The fraction of sp³-hybridized carbons (Fsp3) is 0.0952. The molecule has 4 rings (SSSR count). The number of furan rings is 1. The first-order chi connectivity index (χ1) is 13.6. The van der Waals surface area contributed by atoms with Crippen molar-refractivity contribution in [1.29, 1.82) is 0 Å². The van der Waals surface area contributed by atoms with Crippen LogP contribution in [0.4, 0.5) is 5.69 Å². The number of carbonyl (C=O) groups excluding carboxylic acids is 1. The molecule has 28 heavy (non-hydrogen) atoms. The van der Waals surface area contributed by atoms with Crippen molar-refractivity contribution in [1.82, 2.24) is 9.55 Å². The number of fused-ring (bicyclic) bond motifs is 1. The summed E-state index contributed by atoms with van der Waals surface area (Å²) in [5.41, 5.74) is -0.0346. The molecule has 0 bridgehead atoms. The largest absolute Gasteiger partial charge is 0.467 e. The van der Waals surface area contributed by atoms with Crippen LogP contribution in [0.1, 0.15) is 5.76 Å². The van der Waals surface area contributed by atoms with Gasteiger partial charge in [-0.2, -0.15) is 0 Å². The Hall–Kier alpha value is -3.87. The molecule has 0 saturated carbocycles. The van der Waals surface area contributed by atoms with Crippen LogP contribution >= 0.6 is 0 Å². The Morgan fingerprint density at radius 3 is 2.46 bits per heavy atom. The lowest BCUT2D eigenvalue weighted by Gasteiger charge is -2.22. The lowest BCUT2D eigenvalue weighted by molar-refractivity contribution is -0.119. The highest BCUT2D eigenvalue weighted by Crippen LogP contribution is 2.18. The van der Waals surface area contributed by atoms with Crippen LogP contribution in [0, 0.1) is 0 Å². The number of rotatable bonds is 5. The quantitative estimate of drug-likeness (QED) is 0.581. The topological polar surface area (TPSA) is 88.3 Å². The van der Waals surface area contributed by atoms with Gasteiger partial charge in [0.05, 0.1) is 23.7 Å². The second-order valence-corrected chi connectivity index (χ2v) is 6.26. The summed E-state index contributed by atoms with van der Waals surface area (Å²) in [5, 5.41) is 0.354. The van der Waals surface area contributed by atoms with Crippen LogP contribution in [0.5, 0.6) is 0 Å². The summed E-state index contributed by atoms with van der Waals surface area (Å²) < 4.78 is 6.28. The van der Waals surface area contributed by atoms with Gasteiger partial charge in [-0.05, 0) is 36.4 Å². The number of amides is 1. The summed E-state index contributed by atoms with van der Waals surface area (Å²) in [5.74, 6) is 0.197. The van der Waals surface area contributed by atoms with Crippen LogP contribution < -0.4 is 16.1 Å². The first-order valence-electron chi connectivity index (χ1n) is 8.73. The smallest absolute Gasteiger partial charge is 0.329 e. The van der Waals surface area contributed by atoms with Crippen LogP contribution in [0.2, 0.25) is 0 Å². The molecule has 7 heteroatoms. The van der Waals surface area contributed by atoms with Crippen LogP contribution in [0.25, 0.3) is 10.9 Å². The summed E-state index contributed by atoms with van der Waals surface area (Å²) in [4.78, 5) is 42.3. The number of aromatic nitrogens is 2. The number of anilines is 1. The first-order valence-corrected chi connectivity index (χ1v) is 8.73. The number of benzene rings is 2. The highest BCUT2D eigenvalue weighted by Gasteiger charge is 2.20. The van der Waals surface area contributed by atoms with Crippen molar-refractivity contribution in [3.05, 3.63) is 99.6 Å². The molecule has 0 saturated heterocycles. The Morgan fingerprint density at radius 2 is 1.71 bits per heavy atom. The van der Waals surface area contributed by atoms with E-state index < -0.39 is 17.2 Å². The maximum absolute atomic E-state index is 13.1. The fourth-order valence-corrected chi connectivity index (χ4v) is 3.05. The van der Waals surface area contributed by atoms with Gasteiger partial charge in [-0.3, -0.25) is 14.2 Å². The van der Waals surface area contributed by atoms with Gasteiger partial charge in [0.25, 0.3) is 5.56 Å². The third-order valence-corrected chi connectivity index (χ3v) is 4.45.